The van der Waals surface area contributed by atoms with E-state index in [0.717, 1.165) is 0 Å². The molecular weight excluding hydrogens is 135 g/mol. The van der Waals surface area contributed by atoms with Crippen LogP contribution in [0.5, 0.6) is 0 Å². The molecular formula is C7H11FO2. The van der Waals surface area contributed by atoms with Crippen molar-refractivity contribution >= 4 is 5.97 Å². The van der Waals surface area contributed by atoms with E-state index in [1.165, 1.54) is 6.92 Å². The van der Waals surface area contributed by atoms with Crippen LogP contribution in [0.2, 0.25) is 0 Å². The molecule has 0 aliphatic rings. The van der Waals surface area contributed by atoms with E-state index < -0.39 is 11.8 Å². The molecule has 0 aromatic carbocycles. The molecule has 0 rings (SSSR count). The van der Waals surface area contributed by atoms with Crippen molar-refractivity contribution in [3.05, 3.63) is 11.4 Å². The van der Waals surface area contributed by atoms with Gasteiger partial charge in [0.05, 0.1) is 0 Å². The molecule has 3 heteroatoms. The Hall–Kier alpha value is -0.860. The van der Waals surface area contributed by atoms with Crippen LogP contribution in [-0.2, 0) is 4.79 Å². The third-order valence-electron chi connectivity index (χ3n) is 1.40. The van der Waals surface area contributed by atoms with E-state index in [4.69, 9.17) is 5.11 Å². The van der Waals surface area contributed by atoms with Crippen LogP contribution in [0.3, 0.4) is 0 Å². The van der Waals surface area contributed by atoms with Crippen LogP contribution in [0.4, 0.5) is 4.39 Å². The lowest BCUT2D eigenvalue weighted by Crippen LogP contribution is -2.01. The minimum atomic E-state index is -1.48. The molecule has 2 nitrogen and oxygen atoms in total. The number of halogens is 1. The number of hydrogen-bond donors (Lipinski definition) is 1. The topological polar surface area (TPSA) is 37.3 Å². The van der Waals surface area contributed by atoms with E-state index in [-0.39, 0.29) is 11.5 Å². The second-order valence-electron chi connectivity index (χ2n) is 2.46. The summed E-state index contributed by atoms with van der Waals surface area (Å²) in [6, 6.07) is 0. The lowest BCUT2D eigenvalue weighted by atomic mass is 10.0. The summed E-state index contributed by atoms with van der Waals surface area (Å²) in [5, 5.41) is 8.17. The quantitative estimate of drug-likeness (QED) is 0.605. The van der Waals surface area contributed by atoms with Crippen molar-refractivity contribution in [3.63, 3.8) is 0 Å². The third-order valence-corrected chi connectivity index (χ3v) is 1.40. The Kier molecular flexibility index (Phi) is 3.06. The maximum Gasteiger partial charge on any atom is 0.364 e. The van der Waals surface area contributed by atoms with Gasteiger partial charge in [-0.15, -0.1) is 0 Å². The van der Waals surface area contributed by atoms with Gasteiger partial charge < -0.3 is 5.11 Å². The van der Waals surface area contributed by atoms with Gasteiger partial charge in [0, 0.05) is 0 Å². The maximum atomic E-state index is 12.4. The van der Waals surface area contributed by atoms with Gasteiger partial charge in [0.2, 0.25) is 5.83 Å². The first-order valence-corrected chi connectivity index (χ1v) is 3.06. The minimum Gasteiger partial charge on any atom is -0.476 e. The van der Waals surface area contributed by atoms with E-state index in [9.17, 15) is 9.18 Å². The maximum absolute atomic E-state index is 12.4. The molecule has 0 bridgehead atoms. The highest BCUT2D eigenvalue weighted by Gasteiger charge is 2.11. The van der Waals surface area contributed by atoms with Crippen molar-refractivity contribution in [2.75, 3.05) is 0 Å². The zero-order chi connectivity index (χ0) is 8.31. The first-order valence-electron chi connectivity index (χ1n) is 3.06. The van der Waals surface area contributed by atoms with Crippen LogP contribution in [0.1, 0.15) is 20.8 Å². The normalized spacial score (nSPS) is 13.3. The van der Waals surface area contributed by atoms with E-state index in [1.807, 2.05) is 0 Å². The number of hydrogen-bond acceptors (Lipinski definition) is 1. The predicted molar refractivity (Wildman–Crippen MR) is 36.3 cm³/mol. The molecule has 58 valence electrons. The standard InChI is InChI=1S/C7H11FO2/c1-4(2)5(3)6(8)7(9)10/h4H,1-3H3,(H,9,10). The first kappa shape index (κ1) is 9.14. The van der Waals surface area contributed by atoms with Gasteiger partial charge in [0.25, 0.3) is 0 Å². The molecule has 1 N–H and O–H groups in total. The van der Waals surface area contributed by atoms with Crippen LogP contribution in [0, 0.1) is 5.92 Å². The summed E-state index contributed by atoms with van der Waals surface area (Å²) in [7, 11) is 0. The van der Waals surface area contributed by atoms with Gasteiger partial charge >= 0.3 is 5.97 Å². The molecule has 0 saturated carbocycles. The van der Waals surface area contributed by atoms with Crippen molar-refractivity contribution in [3.8, 4) is 0 Å². The van der Waals surface area contributed by atoms with Gasteiger partial charge in [0.1, 0.15) is 0 Å². The molecule has 0 radical (unpaired) electrons. The molecule has 0 aliphatic heterocycles. The molecule has 0 aliphatic carbocycles. The number of carbonyl (C=O) groups is 1. The predicted octanol–water partition coefficient (Wildman–Crippen LogP) is 1.97. The van der Waals surface area contributed by atoms with E-state index >= 15 is 0 Å². The highest BCUT2D eigenvalue weighted by molar-refractivity contribution is 5.84. The molecule has 0 aromatic heterocycles. The Morgan fingerprint density at radius 1 is 1.50 bits per heavy atom. The molecule has 0 aromatic rings. The average molecular weight is 146 g/mol. The summed E-state index contributed by atoms with van der Waals surface area (Å²) in [5.41, 5.74) is 0.285. The molecule has 0 heterocycles. The van der Waals surface area contributed by atoms with Crippen molar-refractivity contribution in [2.45, 2.75) is 20.8 Å². The molecule has 0 atom stereocenters. The fourth-order valence-electron chi connectivity index (χ4n) is 0.422. The summed E-state index contributed by atoms with van der Waals surface area (Å²) in [6.07, 6.45) is 0. The van der Waals surface area contributed by atoms with Crippen LogP contribution in [0.25, 0.3) is 0 Å². The average Bonchev–Trinajstić information content (AvgIpc) is 1.84. The van der Waals surface area contributed by atoms with Crippen LogP contribution in [-0.4, -0.2) is 11.1 Å². The smallest absolute Gasteiger partial charge is 0.364 e. The highest BCUT2D eigenvalue weighted by atomic mass is 19.1. The van der Waals surface area contributed by atoms with Gasteiger partial charge in [-0.05, 0) is 18.4 Å². The Labute approximate surface area is 59.4 Å². The summed E-state index contributed by atoms with van der Waals surface area (Å²) in [5.74, 6) is -2.56. The van der Waals surface area contributed by atoms with Crippen molar-refractivity contribution in [2.24, 2.45) is 5.92 Å². The Bertz CT molecular complexity index is 170. The molecule has 10 heavy (non-hydrogen) atoms. The zero-order valence-corrected chi connectivity index (χ0v) is 6.31. The van der Waals surface area contributed by atoms with Gasteiger partial charge in [-0.3, -0.25) is 0 Å². The van der Waals surface area contributed by atoms with E-state index in [1.54, 1.807) is 13.8 Å². The molecule has 0 saturated heterocycles. The fourth-order valence-corrected chi connectivity index (χ4v) is 0.422. The molecule has 0 unspecified atom stereocenters. The van der Waals surface area contributed by atoms with Crippen LogP contribution in [0.15, 0.2) is 11.4 Å². The van der Waals surface area contributed by atoms with Gasteiger partial charge in [-0.2, -0.15) is 4.39 Å². The number of allylic oxidation sites excluding steroid dienone is 1. The van der Waals surface area contributed by atoms with E-state index in [2.05, 4.69) is 0 Å². The Balaban J connectivity index is 4.50. The monoisotopic (exact) mass is 146 g/mol. The van der Waals surface area contributed by atoms with Crippen LogP contribution < -0.4 is 0 Å². The minimum absolute atomic E-state index is 0.0453. The van der Waals surface area contributed by atoms with Crippen molar-refractivity contribution in [1.29, 1.82) is 0 Å². The highest BCUT2D eigenvalue weighted by Crippen LogP contribution is 2.14. The third kappa shape index (κ3) is 2.17. The summed E-state index contributed by atoms with van der Waals surface area (Å²) in [6.45, 7) is 4.98. The van der Waals surface area contributed by atoms with Gasteiger partial charge in [-0.25, -0.2) is 4.79 Å². The molecule has 0 spiro atoms. The SMILES string of the molecule is CC(=C(F)C(=O)O)C(C)C. The second kappa shape index (κ2) is 3.34. The summed E-state index contributed by atoms with van der Waals surface area (Å²) >= 11 is 0. The Morgan fingerprint density at radius 2 is 1.90 bits per heavy atom. The fraction of sp³-hybridized carbons (Fsp3) is 0.571. The lowest BCUT2D eigenvalue weighted by Gasteiger charge is -2.03. The van der Waals surface area contributed by atoms with Gasteiger partial charge in [-0.1, -0.05) is 13.8 Å². The second-order valence-corrected chi connectivity index (χ2v) is 2.46. The van der Waals surface area contributed by atoms with E-state index in [0.29, 0.717) is 0 Å². The zero-order valence-electron chi connectivity index (χ0n) is 6.31. The van der Waals surface area contributed by atoms with Gasteiger partial charge in [0.15, 0.2) is 0 Å². The first-order chi connectivity index (χ1) is 4.46. The lowest BCUT2D eigenvalue weighted by molar-refractivity contribution is -0.134. The van der Waals surface area contributed by atoms with Crippen molar-refractivity contribution < 1.29 is 14.3 Å². The number of rotatable bonds is 2. The molecule has 0 amide bonds. The largest absolute Gasteiger partial charge is 0.476 e. The number of carboxylic acid groups (broad SMARTS) is 1. The van der Waals surface area contributed by atoms with Crippen LogP contribution >= 0.6 is 0 Å². The van der Waals surface area contributed by atoms with Crippen molar-refractivity contribution in [1.82, 2.24) is 0 Å². The summed E-state index contributed by atoms with van der Waals surface area (Å²) in [4.78, 5) is 10.0. The summed E-state index contributed by atoms with van der Waals surface area (Å²) < 4.78 is 12.4. The number of carboxylic acids is 1. The number of aliphatic carboxylic acids is 1. The molecule has 0 fully saturated rings. The Morgan fingerprint density at radius 3 is 2.00 bits per heavy atom.